The molecule has 0 radical (unpaired) electrons. The van der Waals surface area contributed by atoms with Crippen LogP contribution in [0.15, 0.2) is 23.5 Å². The molecule has 2 aliphatic rings. The fraction of sp³-hybridized carbons (Fsp3) is 0.538. The van der Waals surface area contributed by atoms with E-state index in [0.29, 0.717) is 12.8 Å². The standard InChI is InChI=1S/C13H16O3/c1-8-4-5-13(2)9(6-8)12(15)10(16-3)7-11(13)14/h4,7,9H,5-6H2,1-3H3/t9-,13?/m0/s1. The molecule has 0 saturated carbocycles. The summed E-state index contributed by atoms with van der Waals surface area (Å²) in [5.41, 5.74) is 0.625. The fourth-order valence-corrected chi connectivity index (χ4v) is 2.50. The van der Waals surface area contributed by atoms with E-state index in [-0.39, 0.29) is 23.2 Å². The Hall–Kier alpha value is -1.38. The van der Waals surface area contributed by atoms with Gasteiger partial charge in [0, 0.05) is 17.4 Å². The zero-order chi connectivity index (χ0) is 11.9. The lowest BCUT2D eigenvalue weighted by Gasteiger charge is -2.40. The highest BCUT2D eigenvalue weighted by atomic mass is 16.5. The van der Waals surface area contributed by atoms with E-state index in [0.717, 1.165) is 0 Å². The number of methoxy groups -OCH3 is 1. The van der Waals surface area contributed by atoms with Gasteiger partial charge >= 0.3 is 0 Å². The van der Waals surface area contributed by atoms with E-state index in [1.165, 1.54) is 18.8 Å². The Morgan fingerprint density at radius 1 is 1.44 bits per heavy atom. The van der Waals surface area contributed by atoms with Crippen LogP contribution in [0.1, 0.15) is 26.7 Å². The second kappa shape index (κ2) is 3.58. The van der Waals surface area contributed by atoms with Gasteiger partial charge in [0.15, 0.2) is 11.5 Å². The highest BCUT2D eigenvalue weighted by Crippen LogP contribution is 2.45. The van der Waals surface area contributed by atoms with E-state index in [1.54, 1.807) is 0 Å². The van der Waals surface area contributed by atoms with Gasteiger partial charge in [0.05, 0.1) is 7.11 Å². The lowest BCUT2D eigenvalue weighted by molar-refractivity contribution is -0.138. The molecule has 0 saturated heterocycles. The number of hydrogen-bond acceptors (Lipinski definition) is 3. The molecule has 0 heterocycles. The zero-order valence-corrected chi connectivity index (χ0v) is 9.87. The predicted molar refractivity (Wildman–Crippen MR) is 59.7 cm³/mol. The quantitative estimate of drug-likeness (QED) is 0.635. The van der Waals surface area contributed by atoms with Gasteiger partial charge in [-0.05, 0) is 19.8 Å². The third kappa shape index (κ3) is 1.42. The maximum atomic E-state index is 12.1. The van der Waals surface area contributed by atoms with Crippen molar-refractivity contribution in [1.82, 2.24) is 0 Å². The van der Waals surface area contributed by atoms with Crippen molar-refractivity contribution < 1.29 is 14.3 Å². The molecule has 0 N–H and O–H groups in total. The highest BCUT2D eigenvalue weighted by Gasteiger charge is 2.49. The average Bonchev–Trinajstić information content (AvgIpc) is 2.26. The monoisotopic (exact) mass is 220 g/mol. The van der Waals surface area contributed by atoms with Crippen molar-refractivity contribution >= 4 is 11.6 Å². The van der Waals surface area contributed by atoms with Crippen molar-refractivity contribution in [2.75, 3.05) is 7.11 Å². The summed E-state index contributed by atoms with van der Waals surface area (Å²) in [4.78, 5) is 24.1. The van der Waals surface area contributed by atoms with E-state index in [4.69, 9.17) is 4.74 Å². The minimum absolute atomic E-state index is 0.0118. The van der Waals surface area contributed by atoms with Crippen molar-refractivity contribution in [3.63, 3.8) is 0 Å². The fourth-order valence-electron chi connectivity index (χ4n) is 2.50. The van der Waals surface area contributed by atoms with Gasteiger partial charge in [0.2, 0.25) is 5.78 Å². The molecular formula is C13H16O3. The highest BCUT2D eigenvalue weighted by molar-refractivity contribution is 6.11. The van der Waals surface area contributed by atoms with Gasteiger partial charge in [0.1, 0.15) is 0 Å². The maximum absolute atomic E-state index is 12.1. The van der Waals surface area contributed by atoms with Crippen molar-refractivity contribution in [2.45, 2.75) is 26.7 Å². The molecule has 2 rings (SSSR count). The number of carbonyl (C=O) groups excluding carboxylic acids is 2. The molecule has 0 spiro atoms. The molecule has 0 aliphatic heterocycles. The van der Waals surface area contributed by atoms with Gasteiger partial charge in [-0.2, -0.15) is 0 Å². The summed E-state index contributed by atoms with van der Waals surface area (Å²) in [6, 6.07) is 0. The molecule has 0 bridgehead atoms. The minimum Gasteiger partial charge on any atom is -0.493 e. The average molecular weight is 220 g/mol. The summed E-state index contributed by atoms with van der Waals surface area (Å²) < 4.78 is 4.97. The lowest BCUT2D eigenvalue weighted by Crippen LogP contribution is -2.45. The Morgan fingerprint density at radius 3 is 2.75 bits per heavy atom. The van der Waals surface area contributed by atoms with Crippen LogP contribution in [-0.4, -0.2) is 18.7 Å². The van der Waals surface area contributed by atoms with Gasteiger partial charge in [-0.3, -0.25) is 9.59 Å². The van der Waals surface area contributed by atoms with Crippen LogP contribution >= 0.6 is 0 Å². The van der Waals surface area contributed by atoms with Gasteiger partial charge < -0.3 is 4.74 Å². The van der Waals surface area contributed by atoms with Crippen molar-refractivity contribution in [1.29, 1.82) is 0 Å². The first kappa shape index (κ1) is 11.1. The van der Waals surface area contributed by atoms with Gasteiger partial charge in [-0.15, -0.1) is 0 Å². The van der Waals surface area contributed by atoms with Gasteiger partial charge in [-0.25, -0.2) is 0 Å². The molecule has 0 aromatic heterocycles. The normalized spacial score (nSPS) is 34.1. The van der Waals surface area contributed by atoms with Crippen LogP contribution in [0.2, 0.25) is 0 Å². The first-order valence-electron chi connectivity index (χ1n) is 5.49. The molecule has 3 heteroatoms. The third-order valence-corrected chi connectivity index (χ3v) is 3.77. The van der Waals surface area contributed by atoms with Crippen LogP contribution in [0.3, 0.4) is 0 Å². The lowest BCUT2D eigenvalue weighted by atomic mass is 9.61. The van der Waals surface area contributed by atoms with E-state index >= 15 is 0 Å². The SMILES string of the molecule is COC1=CC(=O)C2(C)CC=C(C)C[C@H]2C1=O. The Balaban J connectivity index is 2.46. The molecule has 86 valence electrons. The third-order valence-electron chi connectivity index (χ3n) is 3.77. The molecular weight excluding hydrogens is 204 g/mol. The summed E-state index contributed by atoms with van der Waals surface area (Å²) in [5.74, 6) is -0.0538. The second-order valence-corrected chi connectivity index (χ2v) is 4.87. The summed E-state index contributed by atoms with van der Waals surface area (Å²) >= 11 is 0. The molecule has 16 heavy (non-hydrogen) atoms. The number of rotatable bonds is 1. The van der Waals surface area contributed by atoms with Crippen LogP contribution in [-0.2, 0) is 14.3 Å². The number of ether oxygens (including phenoxy) is 1. The van der Waals surface area contributed by atoms with Gasteiger partial charge in [0.25, 0.3) is 0 Å². The molecule has 0 aromatic carbocycles. The Kier molecular flexibility index (Phi) is 2.49. The van der Waals surface area contributed by atoms with E-state index in [2.05, 4.69) is 6.08 Å². The van der Waals surface area contributed by atoms with Gasteiger partial charge in [-0.1, -0.05) is 18.6 Å². The zero-order valence-electron chi connectivity index (χ0n) is 9.87. The van der Waals surface area contributed by atoms with E-state index in [9.17, 15) is 9.59 Å². The predicted octanol–water partition coefficient (Wildman–Crippen LogP) is 2.03. The summed E-state index contributed by atoms with van der Waals surface area (Å²) in [6.07, 6.45) is 4.74. The summed E-state index contributed by atoms with van der Waals surface area (Å²) in [6.45, 7) is 3.88. The van der Waals surface area contributed by atoms with Crippen LogP contribution in [0.25, 0.3) is 0 Å². The molecule has 1 unspecified atom stereocenters. The van der Waals surface area contributed by atoms with Crippen LogP contribution in [0.5, 0.6) is 0 Å². The number of Topliss-reactive ketones (excluding diaryl/α,β-unsaturated/α-hetero) is 1. The van der Waals surface area contributed by atoms with Crippen LogP contribution in [0.4, 0.5) is 0 Å². The molecule has 2 aliphatic carbocycles. The summed E-state index contributed by atoms with van der Waals surface area (Å²) in [7, 11) is 1.44. The summed E-state index contributed by atoms with van der Waals surface area (Å²) in [5, 5.41) is 0. The Bertz CT molecular complexity index is 417. The van der Waals surface area contributed by atoms with E-state index in [1.807, 2.05) is 13.8 Å². The molecule has 0 aromatic rings. The van der Waals surface area contributed by atoms with Crippen molar-refractivity contribution in [3.05, 3.63) is 23.5 Å². The van der Waals surface area contributed by atoms with Crippen LogP contribution < -0.4 is 0 Å². The molecule has 3 nitrogen and oxygen atoms in total. The number of allylic oxidation sites excluding steroid dienone is 4. The molecule has 2 atom stereocenters. The Morgan fingerprint density at radius 2 is 2.12 bits per heavy atom. The molecule has 0 fully saturated rings. The maximum Gasteiger partial charge on any atom is 0.201 e. The van der Waals surface area contributed by atoms with Crippen molar-refractivity contribution in [2.24, 2.45) is 11.3 Å². The molecule has 0 amide bonds. The first-order chi connectivity index (χ1) is 7.49. The van der Waals surface area contributed by atoms with E-state index < -0.39 is 5.41 Å². The van der Waals surface area contributed by atoms with Crippen molar-refractivity contribution in [3.8, 4) is 0 Å². The number of hydrogen-bond donors (Lipinski definition) is 0. The van der Waals surface area contributed by atoms with Crippen LogP contribution in [0, 0.1) is 11.3 Å². The smallest absolute Gasteiger partial charge is 0.201 e. The Labute approximate surface area is 95.2 Å². The number of ketones is 2. The second-order valence-electron chi connectivity index (χ2n) is 4.87. The topological polar surface area (TPSA) is 43.4 Å². The minimum atomic E-state index is -0.557. The largest absolute Gasteiger partial charge is 0.493 e. The number of fused-ring (bicyclic) bond motifs is 1. The first-order valence-corrected chi connectivity index (χ1v) is 5.49. The number of carbonyl (C=O) groups is 2.